The lowest BCUT2D eigenvalue weighted by Gasteiger charge is -2.41. The number of nitrogens with zero attached hydrogens (tertiary/aromatic N) is 3. The van der Waals surface area contributed by atoms with E-state index in [1.165, 1.54) is 5.56 Å². The van der Waals surface area contributed by atoms with Crippen molar-refractivity contribution in [3.63, 3.8) is 0 Å². The zero-order chi connectivity index (χ0) is 14.8. The van der Waals surface area contributed by atoms with E-state index in [2.05, 4.69) is 49.2 Å². The van der Waals surface area contributed by atoms with Crippen molar-refractivity contribution in [2.75, 3.05) is 32.8 Å². The second kappa shape index (κ2) is 6.24. The highest BCUT2D eigenvalue weighted by atomic mass is 16.5. The van der Waals surface area contributed by atoms with Crippen LogP contribution in [0.1, 0.15) is 38.1 Å². The van der Waals surface area contributed by atoms with Crippen molar-refractivity contribution in [2.45, 2.75) is 39.3 Å². The molecule has 5 nitrogen and oxygen atoms in total. The number of hydrogen-bond donors (Lipinski definition) is 1. The molecule has 1 unspecified atom stereocenters. The number of hydrogen-bond acceptors (Lipinski definition) is 4. The van der Waals surface area contributed by atoms with Crippen molar-refractivity contribution >= 4 is 0 Å². The van der Waals surface area contributed by atoms with Crippen molar-refractivity contribution in [3.8, 4) is 0 Å². The molecule has 0 saturated carbocycles. The van der Waals surface area contributed by atoms with Gasteiger partial charge in [-0.3, -0.25) is 9.58 Å². The summed E-state index contributed by atoms with van der Waals surface area (Å²) in [5, 5.41) is 8.07. The van der Waals surface area contributed by atoms with Gasteiger partial charge in [0.05, 0.1) is 18.9 Å². The quantitative estimate of drug-likeness (QED) is 0.887. The summed E-state index contributed by atoms with van der Waals surface area (Å²) >= 11 is 0. The monoisotopic (exact) mass is 280 g/mol. The summed E-state index contributed by atoms with van der Waals surface area (Å²) < 4.78 is 7.32. The maximum absolute atomic E-state index is 5.44. The third-order valence-electron chi connectivity index (χ3n) is 4.23. The zero-order valence-electron chi connectivity index (χ0n) is 13.4. The van der Waals surface area contributed by atoms with Crippen molar-refractivity contribution < 1.29 is 4.74 Å². The topological polar surface area (TPSA) is 42.3 Å². The van der Waals surface area contributed by atoms with Crippen LogP contribution in [0.25, 0.3) is 0 Å². The van der Waals surface area contributed by atoms with E-state index >= 15 is 0 Å². The van der Waals surface area contributed by atoms with E-state index in [4.69, 9.17) is 4.74 Å². The van der Waals surface area contributed by atoms with Crippen LogP contribution in [-0.2, 0) is 11.8 Å². The van der Waals surface area contributed by atoms with Crippen LogP contribution in [0.3, 0.4) is 0 Å². The molecule has 0 bridgehead atoms. The lowest BCUT2D eigenvalue weighted by molar-refractivity contribution is -0.0102. The third-order valence-corrected chi connectivity index (χ3v) is 4.23. The molecule has 1 saturated heterocycles. The predicted molar refractivity (Wildman–Crippen MR) is 80.8 cm³/mol. The van der Waals surface area contributed by atoms with Crippen LogP contribution >= 0.6 is 0 Å². The average Bonchev–Trinajstić information content (AvgIpc) is 2.76. The molecule has 0 aromatic carbocycles. The molecular weight excluding hydrogens is 252 g/mol. The normalized spacial score (nSPS) is 19.2. The van der Waals surface area contributed by atoms with Gasteiger partial charge < -0.3 is 10.1 Å². The first kappa shape index (κ1) is 15.5. The minimum Gasteiger partial charge on any atom is -0.379 e. The van der Waals surface area contributed by atoms with E-state index in [0.29, 0.717) is 6.04 Å². The van der Waals surface area contributed by atoms with Gasteiger partial charge >= 0.3 is 0 Å². The summed E-state index contributed by atoms with van der Waals surface area (Å²) in [6, 6.07) is 0.323. The Bertz CT molecular complexity index is 435. The lowest BCUT2D eigenvalue weighted by atomic mass is 10.0. The molecule has 0 radical (unpaired) electrons. The van der Waals surface area contributed by atoms with E-state index in [0.717, 1.165) is 38.5 Å². The summed E-state index contributed by atoms with van der Waals surface area (Å²) in [5.74, 6) is 0. The zero-order valence-corrected chi connectivity index (χ0v) is 13.4. The first-order valence-corrected chi connectivity index (χ1v) is 7.46. The number of aromatic nitrogens is 2. The molecule has 114 valence electrons. The summed E-state index contributed by atoms with van der Waals surface area (Å²) in [4.78, 5) is 2.51. The van der Waals surface area contributed by atoms with Crippen molar-refractivity contribution in [2.24, 2.45) is 7.05 Å². The van der Waals surface area contributed by atoms with E-state index < -0.39 is 0 Å². The van der Waals surface area contributed by atoms with Gasteiger partial charge in [-0.05, 0) is 27.7 Å². The van der Waals surface area contributed by atoms with Crippen LogP contribution < -0.4 is 5.32 Å². The predicted octanol–water partition coefficient (Wildman–Crippen LogP) is 1.49. The fourth-order valence-electron chi connectivity index (χ4n) is 2.84. The highest BCUT2D eigenvalue weighted by Gasteiger charge is 2.28. The van der Waals surface area contributed by atoms with E-state index in [1.807, 2.05) is 11.7 Å². The number of ether oxygens (including phenoxy) is 1. The minimum atomic E-state index is 0.147. The highest BCUT2D eigenvalue weighted by molar-refractivity contribution is 5.19. The third kappa shape index (κ3) is 3.59. The van der Waals surface area contributed by atoms with Crippen LogP contribution in [-0.4, -0.2) is 53.1 Å². The fourth-order valence-corrected chi connectivity index (χ4v) is 2.84. The Morgan fingerprint density at radius 3 is 2.60 bits per heavy atom. The molecule has 1 fully saturated rings. The number of nitrogens with one attached hydrogen (secondary N) is 1. The van der Waals surface area contributed by atoms with Gasteiger partial charge in [-0.1, -0.05) is 0 Å². The van der Waals surface area contributed by atoms with Crippen LogP contribution in [0.5, 0.6) is 0 Å². The highest BCUT2D eigenvalue weighted by Crippen LogP contribution is 2.19. The van der Waals surface area contributed by atoms with Crippen molar-refractivity contribution in [3.05, 3.63) is 17.5 Å². The molecule has 1 aliphatic rings. The second-order valence-electron chi connectivity index (χ2n) is 6.36. The Morgan fingerprint density at radius 2 is 2.05 bits per heavy atom. The molecule has 2 rings (SSSR count). The van der Waals surface area contributed by atoms with Crippen LogP contribution in [0.2, 0.25) is 0 Å². The van der Waals surface area contributed by atoms with E-state index in [-0.39, 0.29) is 5.54 Å². The molecule has 1 aromatic rings. The number of rotatable bonds is 5. The Balaban J connectivity index is 1.91. The molecule has 0 spiro atoms. The van der Waals surface area contributed by atoms with Gasteiger partial charge in [0.1, 0.15) is 0 Å². The Labute approximate surface area is 122 Å². The van der Waals surface area contributed by atoms with Gasteiger partial charge in [-0.15, -0.1) is 0 Å². The average molecular weight is 280 g/mol. The summed E-state index contributed by atoms with van der Waals surface area (Å²) in [7, 11) is 1.97. The molecule has 2 heterocycles. The standard InChI is InChI=1S/C15H28N4O/c1-12(14-10-18(5)17-13(14)2)16-11-15(3,4)19-6-8-20-9-7-19/h10,12,16H,6-9,11H2,1-5H3. The van der Waals surface area contributed by atoms with E-state index in [9.17, 15) is 0 Å². The van der Waals surface area contributed by atoms with E-state index in [1.54, 1.807) is 0 Å². The Hall–Kier alpha value is -0.910. The number of morpholine rings is 1. The smallest absolute Gasteiger partial charge is 0.0641 e. The summed E-state index contributed by atoms with van der Waals surface area (Å²) in [5.41, 5.74) is 2.54. The Morgan fingerprint density at radius 1 is 1.40 bits per heavy atom. The van der Waals surface area contributed by atoms with Gasteiger partial charge in [-0.25, -0.2) is 0 Å². The van der Waals surface area contributed by atoms with Gasteiger partial charge in [0, 0.05) is 50.0 Å². The first-order chi connectivity index (χ1) is 9.40. The van der Waals surface area contributed by atoms with Crippen molar-refractivity contribution in [1.82, 2.24) is 20.0 Å². The van der Waals surface area contributed by atoms with Gasteiger partial charge in [0.15, 0.2) is 0 Å². The lowest BCUT2D eigenvalue weighted by Crippen LogP contribution is -2.54. The molecule has 1 aromatic heterocycles. The SMILES string of the molecule is Cc1nn(C)cc1C(C)NCC(C)(C)N1CCOCC1. The maximum atomic E-state index is 5.44. The molecule has 20 heavy (non-hydrogen) atoms. The molecule has 0 aliphatic carbocycles. The molecule has 5 heteroatoms. The van der Waals surface area contributed by atoms with Gasteiger partial charge in [-0.2, -0.15) is 5.10 Å². The van der Waals surface area contributed by atoms with Gasteiger partial charge in [0.25, 0.3) is 0 Å². The van der Waals surface area contributed by atoms with Gasteiger partial charge in [0.2, 0.25) is 0 Å². The summed E-state index contributed by atoms with van der Waals surface area (Å²) in [6.45, 7) is 13.6. The largest absolute Gasteiger partial charge is 0.379 e. The Kier molecular flexibility index (Phi) is 4.83. The molecule has 0 amide bonds. The number of aryl methyl sites for hydroxylation is 2. The second-order valence-corrected chi connectivity index (χ2v) is 6.36. The van der Waals surface area contributed by atoms with Crippen LogP contribution in [0, 0.1) is 6.92 Å². The molecule has 1 atom stereocenters. The van der Waals surface area contributed by atoms with Crippen LogP contribution in [0.4, 0.5) is 0 Å². The minimum absolute atomic E-state index is 0.147. The molecule has 1 aliphatic heterocycles. The summed E-state index contributed by atoms with van der Waals surface area (Å²) in [6.07, 6.45) is 2.11. The first-order valence-electron chi connectivity index (χ1n) is 7.46. The fraction of sp³-hybridized carbons (Fsp3) is 0.800. The maximum Gasteiger partial charge on any atom is 0.0641 e. The van der Waals surface area contributed by atoms with Crippen LogP contribution in [0.15, 0.2) is 6.20 Å². The molecule has 1 N–H and O–H groups in total. The molecular formula is C15H28N4O. The van der Waals surface area contributed by atoms with Crippen molar-refractivity contribution in [1.29, 1.82) is 0 Å².